The van der Waals surface area contributed by atoms with Gasteiger partial charge in [0.25, 0.3) is 15.7 Å². The smallest absolute Gasteiger partial charge is 0.271 e. The fourth-order valence-electron chi connectivity index (χ4n) is 1.97. The van der Waals surface area contributed by atoms with Crippen LogP contribution in [-0.2, 0) is 10.0 Å². The summed E-state index contributed by atoms with van der Waals surface area (Å²) in [5, 5.41) is 10.9. The number of hydrogen-bond acceptors (Lipinski definition) is 4. The van der Waals surface area contributed by atoms with Gasteiger partial charge in [-0.15, -0.1) is 0 Å². The summed E-state index contributed by atoms with van der Waals surface area (Å²) < 4.78 is 41.3. The molecule has 2 aromatic carbocycles. The van der Waals surface area contributed by atoms with E-state index in [1.165, 1.54) is 25.1 Å². The van der Waals surface area contributed by atoms with Crippen molar-refractivity contribution in [2.75, 3.05) is 4.72 Å². The van der Waals surface area contributed by atoms with Gasteiger partial charge in [-0.05, 0) is 43.2 Å². The van der Waals surface area contributed by atoms with Crippen LogP contribution < -0.4 is 4.72 Å². The predicted octanol–water partition coefficient (Wildman–Crippen LogP) is 3.91. The molecule has 2 aromatic rings. The largest absolute Gasteiger partial charge is 0.277 e. The highest BCUT2D eigenvalue weighted by molar-refractivity contribution is 9.10. The summed E-state index contributed by atoms with van der Waals surface area (Å²) in [5.74, 6) is -0.761. The second-order valence-electron chi connectivity index (χ2n) is 4.87. The molecule has 0 aliphatic heterocycles. The molecule has 0 aliphatic carbocycles. The van der Waals surface area contributed by atoms with Crippen molar-refractivity contribution >= 4 is 37.3 Å². The van der Waals surface area contributed by atoms with E-state index in [-0.39, 0.29) is 16.3 Å². The zero-order valence-electron chi connectivity index (χ0n) is 12.1. The summed E-state index contributed by atoms with van der Waals surface area (Å²) in [5.41, 5.74) is 0.234. The molecular formula is C14H12BrFN2O4S. The number of rotatable bonds is 4. The van der Waals surface area contributed by atoms with Crippen LogP contribution in [0.3, 0.4) is 0 Å². The Kier molecular flexibility index (Phi) is 4.71. The summed E-state index contributed by atoms with van der Waals surface area (Å²) in [4.78, 5) is 9.99. The number of non-ortho nitro benzene ring substituents is 1. The summed E-state index contributed by atoms with van der Waals surface area (Å²) in [6.07, 6.45) is 0. The van der Waals surface area contributed by atoms with E-state index in [2.05, 4.69) is 20.7 Å². The third kappa shape index (κ3) is 3.67. The fraction of sp³-hybridized carbons (Fsp3) is 0.143. The molecule has 0 amide bonds. The molecule has 0 heterocycles. The first kappa shape index (κ1) is 17.4. The molecule has 1 N–H and O–H groups in total. The molecule has 0 fully saturated rings. The quantitative estimate of drug-likeness (QED) is 0.619. The maximum atomic E-state index is 13.8. The van der Waals surface area contributed by atoms with Crippen LogP contribution in [0.25, 0.3) is 0 Å². The van der Waals surface area contributed by atoms with Crippen LogP contribution >= 0.6 is 15.9 Å². The molecule has 0 saturated carbocycles. The minimum absolute atomic E-state index is 0.239. The minimum atomic E-state index is -4.17. The van der Waals surface area contributed by atoms with E-state index in [4.69, 9.17) is 0 Å². The first-order chi connectivity index (χ1) is 10.6. The second-order valence-corrected chi connectivity index (χ2v) is 7.44. The highest BCUT2D eigenvalue weighted by Gasteiger charge is 2.23. The molecule has 2 rings (SSSR count). The summed E-state index contributed by atoms with van der Waals surface area (Å²) in [6.45, 7) is 3.10. The Bertz CT molecular complexity index is 900. The van der Waals surface area contributed by atoms with E-state index in [1.54, 1.807) is 6.92 Å². The molecule has 0 radical (unpaired) electrons. The van der Waals surface area contributed by atoms with E-state index < -0.39 is 20.8 Å². The van der Waals surface area contributed by atoms with Gasteiger partial charge in [0, 0.05) is 16.6 Å². The molecule has 0 bridgehead atoms. The number of halogens is 2. The first-order valence-corrected chi connectivity index (χ1v) is 8.63. The number of anilines is 1. The van der Waals surface area contributed by atoms with Gasteiger partial charge in [0.2, 0.25) is 0 Å². The van der Waals surface area contributed by atoms with Crippen LogP contribution in [-0.4, -0.2) is 13.3 Å². The van der Waals surface area contributed by atoms with Crippen molar-refractivity contribution in [1.82, 2.24) is 0 Å². The van der Waals surface area contributed by atoms with Crippen molar-refractivity contribution in [3.8, 4) is 0 Å². The Labute approximate surface area is 140 Å². The van der Waals surface area contributed by atoms with Crippen LogP contribution in [0.15, 0.2) is 39.7 Å². The molecule has 0 aliphatic rings. The zero-order chi connectivity index (χ0) is 17.4. The van der Waals surface area contributed by atoms with Crippen LogP contribution in [0.5, 0.6) is 0 Å². The van der Waals surface area contributed by atoms with E-state index >= 15 is 0 Å². The number of nitrogens with one attached hydrogen (secondary N) is 1. The normalized spacial score (nSPS) is 11.3. The average Bonchev–Trinajstić information content (AvgIpc) is 2.44. The minimum Gasteiger partial charge on any atom is -0.277 e. The lowest BCUT2D eigenvalue weighted by molar-refractivity contribution is -0.385. The standard InChI is InChI=1S/C14H12BrFN2O4S/c1-8-5-11(18(19)20)7-14(9(8)2)23(21,22)17-13-4-3-10(15)6-12(13)16/h3-7,17H,1-2H3. The van der Waals surface area contributed by atoms with Gasteiger partial charge in [0.15, 0.2) is 0 Å². The first-order valence-electron chi connectivity index (χ1n) is 6.35. The SMILES string of the molecule is Cc1cc([N+](=O)[O-])cc(S(=O)(=O)Nc2ccc(Br)cc2F)c1C. The molecule has 0 unspecified atom stereocenters. The van der Waals surface area contributed by atoms with Gasteiger partial charge in [-0.25, -0.2) is 12.8 Å². The van der Waals surface area contributed by atoms with Gasteiger partial charge in [-0.1, -0.05) is 15.9 Å². The summed E-state index contributed by atoms with van der Waals surface area (Å²) >= 11 is 3.08. The van der Waals surface area contributed by atoms with Crippen molar-refractivity contribution in [3.63, 3.8) is 0 Å². The Balaban J connectivity index is 2.53. The topological polar surface area (TPSA) is 89.3 Å². The molecule has 0 atom stereocenters. The third-order valence-corrected chi connectivity index (χ3v) is 5.27. The van der Waals surface area contributed by atoms with Crippen molar-refractivity contribution in [1.29, 1.82) is 0 Å². The monoisotopic (exact) mass is 402 g/mol. The summed E-state index contributed by atoms with van der Waals surface area (Å²) in [7, 11) is -4.17. The number of sulfonamides is 1. The van der Waals surface area contributed by atoms with Gasteiger partial charge in [0.05, 0.1) is 15.5 Å². The fourth-order valence-corrected chi connectivity index (χ4v) is 3.70. The lowest BCUT2D eigenvalue weighted by Gasteiger charge is -2.12. The number of nitro benzene ring substituents is 1. The van der Waals surface area contributed by atoms with Crippen LogP contribution in [0, 0.1) is 29.8 Å². The molecule has 9 heteroatoms. The molecule has 0 aromatic heterocycles. The van der Waals surface area contributed by atoms with E-state index in [0.29, 0.717) is 15.6 Å². The second kappa shape index (κ2) is 6.25. The van der Waals surface area contributed by atoms with Gasteiger partial charge >= 0.3 is 0 Å². The van der Waals surface area contributed by atoms with E-state index in [0.717, 1.165) is 12.1 Å². The van der Waals surface area contributed by atoms with E-state index in [9.17, 15) is 22.9 Å². The Morgan fingerprint density at radius 3 is 2.43 bits per heavy atom. The number of benzene rings is 2. The van der Waals surface area contributed by atoms with Gasteiger partial charge < -0.3 is 0 Å². The zero-order valence-corrected chi connectivity index (χ0v) is 14.5. The Morgan fingerprint density at radius 2 is 1.87 bits per heavy atom. The van der Waals surface area contributed by atoms with Crippen molar-refractivity contribution in [2.24, 2.45) is 0 Å². The van der Waals surface area contributed by atoms with E-state index in [1.807, 2.05) is 0 Å². The maximum absolute atomic E-state index is 13.8. The maximum Gasteiger partial charge on any atom is 0.271 e. The number of nitro groups is 1. The number of hydrogen-bond donors (Lipinski definition) is 1. The Hall–Kier alpha value is -2.00. The Morgan fingerprint density at radius 1 is 1.22 bits per heavy atom. The lowest BCUT2D eigenvalue weighted by Crippen LogP contribution is -2.16. The van der Waals surface area contributed by atoms with Crippen molar-refractivity contribution in [2.45, 2.75) is 18.7 Å². The van der Waals surface area contributed by atoms with Crippen molar-refractivity contribution in [3.05, 3.63) is 61.9 Å². The molecular weight excluding hydrogens is 391 g/mol. The highest BCUT2D eigenvalue weighted by Crippen LogP contribution is 2.28. The van der Waals surface area contributed by atoms with Gasteiger partial charge in [-0.2, -0.15) is 0 Å². The lowest BCUT2D eigenvalue weighted by atomic mass is 10.1. The van der Waals surface area contributed by atoms with Crippen LogP contribution in [0.2, 0.25) is 0 Å². The number of nitrogens with zero attached hydrogens (tertiary/aromatic N) is 1. The molecule has 6 nitrogen and oxygen atoms in total. The van der Waals surface area contributed by atoms with Gasteiger partial charge in [-0.3, -0.25) is 14.8 Å². The highest BCUT2D eigenvalue weighted by atomic mass is 79.9. The molecule has 0 saturated heterocycles. The average molecular weight is 403 g/mol. The summed E-state index contributed by atoms with van der Waals surface area (Å²) in [6, 6.07) is 6.10. The molecule has 0 spiro atoms. The van der Waals surface area contributed by atoms with Crippen LogP contribution in [0.4, 0.5) is 15.8 Å². The molecule has 122 valence electrons. The van der Waals surface area contributed by atoms with Gasteiger partial charge in [0.1, 0.15) is 5.82 Å². The molecule has 23 heavy (non-hydrogen) atoms. The number of aryl methyl sites for hydroxylation is 1. The van der Waals surface area contributed by atoms with Crippen molar-refractivity contribution < 1.29 is 17.7 Å². The predicted molar refractivity (Wildman–Crippen MR) is 87.5 cm³/mol. The third-order valence-electron chi connectivity index (χ3n) is 3.28. The van der Waals surface area contributed by atoms with Crippen LogP contribution in [0.1, 0.15) is 11.1 Å².